The molecule has 0 spiro atoms. The van der Waals surface area contributed by atoms with Crippen molar-refractivity contribution in [3.05, 3.63) is 0 Å². The lowest BCUT2D eigenvalue weighted by atomic mass is 9.60. The van der Waals surface area contributed by atoms with Crippen LogP contribution in [0.3, 0.4) is 0 Å². The van der Waals surface area contributed by atoms with Crippen molar-refractivity contribution in [2.45, 2.75) is 47.0 Å². The summed E-state index contributed by atoms with van der Waals surface area (Å²) < 4.78 is 0. The Kier molecular flexibility index (Phi) is 3.06. The molecule has 1 rings (SSSR count). The van der Waals surface area contributed by atoms with Gasteiger partial charge in [0.05, 0.1) is 0 Å². The van der Waals surface area contributed by atoms with Crippen LogP contribution in [0, 0.1) is 10.8 Å². The van der Waals surface area contributed by atoms with Crippen molar-refractivity contribution in [2.24, 2.45) is 10.8 Å². The quantitative estimate of drug-likeness (QED) is 0.635. The molecule has 0 radical (unpaired) electrons. The fourth-order valence-electron chi connectivity index (χ4n) is 2.74. The molecule has 0 unspecified atom stereocenters. The summed E-state index contributed by atoms with van der Waals surface area (Å²) in [4.78, 5) is 2.47. The van der Waals surface area contributed by atoms with Crippen LogP contribution in [0.2, 0.25) is 0 Å². The summed E-state index contributed by atoms with van der Waals surface area (Å²) in [7, 11) is 2.24. The molecule has 1 fully saturated rings. The lowest BCUT2D eigenvalue weighted by Gasteiger charge is -2.51. The van der Waals surface area contributed by atoms with E-state index in [1.807, 2.05) is 0 Å². The first-order valence-corrected chi connectivity index (χ1v) is 5.60. The zero-order chi connectivity index (χ0) is 10.1. The first kappa shape index (κ1) is 11.0. The Hall–Kier alpha value is -0.0400. The minimum atomic E-state index is 0.482. The molecular weight excluding hydrogens is 158 g/mol. The second-order valence-electron chi connectivity index (χ2n) is 5.68. The highest BCUT2D eigenvalue weighted by atomic mass is 15.1. The minimum Gasteiger partial charge on any atom is -0.306 e. The molecule has 1 nitrogen and oxygen atoms in total. The molecule has 1 atom stereocenters. The van der Waals surface area contributed by atoms with Gasteiger partial charge in [0.15, 0.2) is 0 Å². The fourth-order valence-corrected chi connectivity index (χ4v) is 2.74. The summed E-state index contributed by atoms with van der Waals surface area (Å²) in [6.45, 7) is 12.2. The smallest absolute Gasteiger partial charge is 0.00349 e. The van der Waals surface area contributed by atoms with Gasteiger partial charge in [-0.1, -0.05) is 34.1 Å². The predicted octanol–water partition coefficient (Wildman–Crippen LogP) is 3.15. The maximum atomic E-state index is 2.48. The van der Waals surface area contributed by atoms with Crippen LogP contribution in [0.5, 0.6) is 0 Å². The van der Waals surface area contributed by atoms with Gasteiger partial charge in [0.25, 0.3) is 0 Å². The third-order valence-corrected chi connectivity index (χ3v) is 4.15. The largest absolute Gasteiger partial charge is 0.306 e. The molecule has 1 heterocycles. The second kappa shape index (κ2) is 3.61. The third kappa shape index (κ3) is 2.07. The number of hydrogen-bond donors (Lipinski definition) is 0. The van der Waals surface area contributed by atoms with Crippen LogP contribution in [0.1, 0.15) is 47.0 Å². The van der Waals surface area contributed by atoms with Crippen LogP contribution in [0.25, 0.3) is 0 Å². The van der Waals surface area contributed by atoms with Crippen molar-refractivity contribution in [3.8, 4) is 0 Å². The van der Waals surface area contributed by atoms with E-state index in [0.717, 1.165) is 0 Å². The molecule has 0 N–H and O–H groups in total. The first-order valence-electron chi connectivity index (χ1n) is 5.60. The Labute approximate surface area is 83.5 Å². The summed E-state index contributed by atoms with van der Waals surface area (Å²) >= 11 is 0. The average Bonchev–Trinajstić information content (AvgIpc) is 1.98. The van der Waals surface area contributed by atoms with Gasteiger partial charge in [-0.25, -0.2) is 0 Å². The molecule has 0 saturated carbocycles. The van der Waals surface area contributed by atoms with Crippen molar-refractivity contribution < 1.29 is 0 Å². The zero-order valence-electron chi connectivity index (χ0n) is 9.98. The van der Waals surface area contributed by atoms with Crippen molar-refractivity contribution >= 4 is 0 Å². The average molecular weight is 183 g/mol. The normalized spacial score (nSPS) is 34.8. The monoisotopic (exact) mass is 183 g/mol. The summed E-state index contributed by atoms with van der Waals surface area (Å²) in [6.07, 6.45) is 4.07. The molecule has 0 amide bonds. The molecule has 0 aromatic rings. The highest BCUT2D eigenvalue weighted by molar-refractivity contribution is 4.94. The van der Waals surface area contributed by atoms with E-state index >= 15 is 0 Å². The number of rotatable bonds is 2. The molecule has 78 valence electrons. The molecule has 1 saturated heterocycles. The molecule has 13 heavy (non-hydrogen) atoms. The van der Waals surface area contributed by atoms with E-state index in [0.29, 0.717) is 10.8 Å². The van der Waals surface area contributed by atoms with Crippen LogP contribution in [0.4, 0.5) is 0 Å². The molecule has 0 aliphatic carbocycles. The number of hydrogen-bond acceptors (Lipinski definition) is 1. The van der Waals surface area contributed by atoms with Gasteiger partial charge in [-0.3, -0.25) is 0 Å². The lowest BCUT2D eigenvalue weighted by molar-refractivity contribution is -0.0144. The molecule has 0 aromatic carbocycles. The van der Waals surface area contributed by atoms with Crippen molar-refractivity contribution in [1.82, 2.24) is 4.90 Å². The standard InChI is InChI=1S/C12H25N/c1-6-7-12(4)8-9-13(5)10-11(12,2)3/h6-10H2,1-5H3/t12-/m0/s1. The maximum absolute atomic E-state index is 2.48. The molecule has 1 heteroatoms. The third-order valence-electron chi connectivity index (χ3n) is 4.15. The van der Waals surface area contributed by atoms with Gasteiger partial charge in [0.2, 0.25) is 0 Å². The molecule has 0 bridgehead atoms. The van der Waals surface area contributed by atoms with Crippen LogP contribution in [-0.4, -0.2) is 25.0 Å². The van der Waals surface area contributed by atoms with Crippen LogP contribution >= 0.6 is 0 Å². The summed E-state index contributed by atoms with van der Waals surface area (Å²) in [5, 5.41) is 0. The van der Waals surface area contributed by atoms with Crippen LogP contribution < -0.4 is 0 Å². The minimum absolute atomic E-state index is 0.482. The molecular formula is C12H25N. The topological polar surface area (TPSA) is 3.24 Å². The fraction of sp³-hybridized carbons (Fsp3) is 1.00. The Morgan fingerprint density at radius 3 is 2.31 bits per heavy atom. The van der Waals surface area contributed by atoms with Gasteiger partial charge >= 0.3 is 0 Å². The van der Waals surface area contributed by atoms with Crippen molar-refractivity contribution in [3.63, 3.8) is 0 Å². The van der Waals surface area contributed by atoms with Gasteiger partial charge < -0.3 is 4.90 Å². The van der Waals surface area contributed by atoms with E-state index in [1.54, 1.807) is 0 Å². The number of nitrogens with zero attached hydrogens (tertiary/aromatic N) is 1. The number of piperidine rings is 1. The zero-order valence-corrected chi connectivity index (χ0v) is 9.98. The molecule has 0 aromatic heterocycles. The summed E-state index contributed by atoms with van der Waals surface area (Å²) in [5.41, 5.74) is 1.05. The van der Waals surface area contributed by atoms with E-state index in [-0.39, 0.29) is 0 Å². The summed E-state index contributed by atoms with van der Waals surface area (Å²) in [5.74, 6) is 0. The first-order chi connectivity index (χ1) is 5.91. The SMILES string of the molecule is CCC[C@@]1(C)CCN(C)CC1(C)C. The van der Waals surface area contributed by atoms with E-state index in [1.165, 1.54) is 32.4 Å². The predicted molar refractivity (Wildman–Crippen MR) is 58.9 cm³/mol. The van der Waals surface area contributed by atoms with Gasteiger partial charge in [-0.05, 0) is 37.3 Å². The Morgan fingerprint density at radius 2 is 1.85 bits per heavy atom. The van der Waals surface area contributed by atoms with Crippen LogP contribution in [-0.2, 0) is 0 Å². The van der Waals surface area contributed by atoms with Crippen molar-refractivity contribution in [1.29, 1.82) is 0 Å². The lowest BCUT2D eigenvalue weighted by Crippen LogP contribution is -2.50. The maximum Gasteiger partial charge on any atom is 0.00349 e. The van der Waals surface area contributed by atoms with E-state index in [2.05, 4.69) is 39.6 Å². The molecule has 1 aliphatic heterocycles. The highest BCUT2D eigenvalue weighted by Gasteiger charge is 2.43. The highest BCUT2D eigenvalue weighted by Crippen LogP contribution is 2.48. The van der Waals surface area contributed by atoms with Gasteiger partial charge in [-0.2, -0.15) is 0 Å². The summed E-state index contributed by atoms with van der Waals surface area (Å²) in [6, 6.07) is 0. The second-order valence-corrected chi connectivity index (χ2v) is 5.68. The van der Waals surface area contributed by atoms with E-state index < -0.39 is 0 Å². The van der Waals surface area contributed by atoms with Gasteiger partial charge in [0.1, 0.15) is 0 Å². The van der Waals surface area contributed by atoms with Crippen LogP contribution in [0.15, 0.2) is 0 Å². The van der Waals surface area contributed by atoms with E-state index in [9.17, 15) is 0 Å². The Morgan fingerprint density at radius 1 is 1.23 bits per heavy atom. The Balaban J connectivity index is 2.73. The molecule has 1 aliphatic rings. The van der Waals surface area contributed by atoms with E-state index in [4.69, 9.17) is 0 Å². The Bertz CT molecular complexity index is 174. The number of likely N-dealkylation sites (tertiary alicyclic amines) is 1. The van der Waals surface area contributed by atoms with Gasteiger partial charge in [-0.15, -0.1) is 0 Å². The van der Waals surface area contributed by atoms with Crippen molar-refractivity contribution in [2.75, 3.05) is 20.1 Å². The van der Waals surface area contributed by atoms with Gasteiger partial charge in [0, 0.05) is 6.54 Å².